The third-order valence-electron chi connectivity index (χ3n) is 7.29. The van der Waals surface area contributed by atoms with Crippen LogP contribution in [0.15, 0.2) is 22.2 Å². The van der Waals surface area contributed by atoms with Crippen LogP contribution in [0.1, 0.15) is 0 Å². The average Bonchev–Trinajstić information content (AvgIpc) is 3.73. The lowest BCUT2D eigenvalue weighted by Gasteiger charge is -2.34. The van der Waals surface area contributed by atoms with Crippen LogP contribution in [0.5, 0.6) is 0 Å². The lowest BCUT2D eigenvalue weighted by atomic mass is 10.1. The van der Waals surface area contributed by atoms with Gasteiger partial charge in [-0.15, -0.1) is 5.10 Å². The molecule has 3 fully saturated rings. The number of hydrogen-bond acceptors (Lipinski definition) is 16. The number of nitrogen functional groups attached to an aromatic ring is 1. The SMILES string of the molecule is Nc1nc2c(ncn2[C@@]23CO[C@H](COP(=O)(O)O[C@@H]4[C@@H](COP(O)(=S)O2)OC[C@]4(F)n2nnc4c(=O)[nH]cnc42)[C@H]3F)c(=O)[nH]1. The van der Waals surface area contributed by atoms with Gasteiger partial charge in [0, 0.05) is 0 Å². The number of anilines is 1. The molecule has 2 bridgehead atoms. The number of rotatable bonds is 2. The topological polar surface area (TPSA) is 279 Å². The van der Waals surface area contributed by atoms with Crippen molar-refractivity contribution in [2.24, 2.45) is 0 Å². The van der Waals surface area contributed by atoms with E-state index in [9.17, 15) is 23.9 Å². The van der Waals surface area contributed by atoms with E-state index in [1.165, 1.54) is 0 Å². The Hall–Kier alpha value is -3.15. The van der Waals surface area contributed by atoms with Crippen LogP contribution < -0.4 is 16.9 Å². The van der Waals surface area contributed by atoms with Crippen molar-refractivity contribution in [2.45, 2.75) is 36.0 Å². The van der Waals surface area contributed by atoms with Gasteiger partial charge in [0.25, 0.3) is 16.9 Å². The second-order valence-corrected chi connectivity index (χ2v) is 14.2. The molecule has 6 N–H and O–H groups in total. The van der Waals surface area contributed by atoms with Gasteiger partial charge < -0.3 is 34.5 Å². The van der Waals surface area contributed by atoms with Gasteiger partial charge in [-0.25, -0.2) is 23.3 Å². The predicted octanol–water partition coefficient (Wildman–Crippen LogP) is -1.59. The fraction of sp³-hybridized carbons (Fsp3) is 0.526. The standard InChI is InChI=1S/C19H20F2N10O11P2S/c20-11-7-1-39-43(34,35)41-12-8(37-3-18(12,21)31-13-10(28-29-31)15(32)24-5-23-13)2-40-44(36,45)42-19(11,4-38-7)30-6-25-9-14(30)26-17(22)27-16(9)33/h5-8,11-12H,1-4H2,(H,34,35)(H,36,45)(H,23,24,32)(H3,22,26,27,33)/t7-,8-,11-,12-,18+,19+,44?/m1/s1. The lowest BCUT2D eigenvalue weighted by Crippen LogP contribution is -2.46. The zero-order chi connectivity index (χ0) is 31.9. The molecule has 8 atom stereocenters. The van der Waals surface area contributed by atoms with Crippen molar-refractivity contribution >= 4 is 54.6 Å². The van der Waals surface area contributed by atoms with Crippen LogP contribution >= 0.6 is 14.5 Å². The molecule has 0 aliphatic carbocycles. The van der Waals surface area contributed by atoms with E-state index in [0.717, 1.165) is 17.2 Å². The number of aromatic nitrogens is 9. The maximum atomic E-state index is 16.8. The number of nitrogens with one attached hydrogen (secondary N) is 2. The normalized spacial score (nSPS) is 37.7. The quantitative estimate of drug-likeness (QED) is 0.148. The number of halogens is 2. The van der Waals surface area contributed by atoms with Gasteiger partial charge >= 0.3 is 14.5 Å². The van der Waals surface area contributed by atoms with Crippen molar-refractivity contribution in [3.05, 3.63) is 33.4 Å². The van der Waals surface area contributed by atoms with Gasteiger partial charge in [0.15, 0.2) is 34.6 Å². The Morgan fingerprint density at radius 2 is 1.84 bits per heavy atom. The smallest absolute Gasteiger partial charge is 0.369 e. The molecular weight excluding hydrogens is 676 g/mol. The number of alkyl halides is 2. The molecule has 0 saturated carbocycles. The van der Waals surface area contributed by atoms with Gasteiger partial charge in [-0.2, -0.15) is 9.67 Å². The number of fused-ring (bicyclic) bond motifs is 5. The Morgan fingerprint density at radius 1 is 1.09 bits per heavy atom. The molecule has 7 heterocycles. The molecular formula is C19H20F2N10O11P2S. The first-order valence-electron chi connectivity index (χ1n) is 12.7. The van der Waals surface area contributed by atoms with Crippen LogP contribution in [0.25, 0.3) is 22.3 Å². The van der Waals surface area contributed by atoms with Gasteiger partial charge in [-0.1, -0.05) is 5.21 Å². The summed E-state index contributed by atoms with van der Waals surface area (Å²) in [4.78, 5) is 62.5. The second kappa shape index (κ2) is 10.4. The molecule has 4 aromatic heterocycles. The molecule has 0 spiro atoms. The van der Waals surface area contributed by atoms with Crippen LogP contribution in [0.4, 0.5) is 14.7 Å². The summed E-state index contributed by atoms with van der Waals surface area (Å²) >= 11 is 5.16. The fourth-order valence-corrected chi connectivity index (χ4v) is 7.81. The van der Waals surface area contributed by atoms with E-state index < -0.39 is 88.1 Å². The number of phosphoric ester groups is 1. The first-order valence-corrected chi connectivity index (χ1v) is 16.7. The molecule has 0 radical (unpaired) electrons. The monoisotopic (exact) mass is 696 g/mol. The number of aromatic amines is 2. The largest absolute Gasteiger partial charge is 0.472 e. The van der Waals surface area contributed by atoms with E-state index in [2.05, 4.69) is 35.2 Å². The van der Waals surface area contributed by atoms with Crippen molar-refractivity contribution in [3.8, 4) is 0 Å². The van der Waals surface area contributed by atoms with E-state index >= 15 is 8.78 Å². The number of ether oxygens (including phenoxy) is 2. The summed E-state index contributed by atoms with van der Waals surface area (Å²) in [6.07, 6.45) is -5.83. The second-order valence-electron chi connectivity index (χ2n) is 10.1. The minimum Gasteiger partial charge on any atom is -0.369 e. The van der Waals surface area contributed by atoms with Gasteiger partial charge in [0.2, 0.25) is 11.7 Å². The summed E-state index contributed by atoms with van der Waals surface area (Å²) < 4.78 is 79.9. The van der Waals surface area contributed by atoms with E-state index in [1.54, 1.807) is 0 Å². The number of nitrogens with two attached hydrogens (primary N) is 1. The summed E-state index contributed by atoms with van der Waals surface area (Å²) in [5.41, 5.74) is 0.424. The lowest BCUT2D eigenvalue weighted by molar-refractivity contribution is -0.0727. The van der Waals surface area contributed by atoms with Crippen molar-refractivity contribution in [1.82, 2.24) is 44.5 Å². The Morgan fingerprint density at radius 3 is 2.64 bits per heavy atom. The molecule has 2 unspecified atom stereocenters. The molecule has 3 aliphatic rings. The first-order chi connectivity index (χ1) is 21.2. The van der Waals surface area contributed by atoms with Crippen LogP contribution in [0.3, 0.4) is 0 Å². The van der Waals surface area contributed by atoms with Crippen LogP contribution in [0.2, 0.25) is 0 Å². The Balaban J connectivity index is 1.28. The number of imidazole rings is 1. The summed E-state index contributed by atoms with van der Waals surface area (Å²) in [5.74, 6) is -3.32. The molecule has 242 valence electrons. The first kappa shape index (κ1) is 30.5. The van der Waals surface area contributed by atoms with Gasteiger partial charge in [-0.3, -0.25) is 32.7 Å². The molecule has 3 saturated heterocycles. The van der Waals surface area contributed by atoms with Crippen LogP contribution in [-0.4, -0.2) is 105 Å². The van der Waals surface area contributed by atoms with Crippen molar-refractivity contribution in [1.29, 1.82) is 0 Å². The minimum atomic E-state index is -5.29. The Kier molecular flexibility index (Phi) is 7.07. The highest BCUT2D eigenvalue weighted by molar-refractivity contribution is 8.07. The molecule has 45 heavy (non-hydrogen) atoms. The summed E-state index contributed by atoms with van der Waals surface area (Å²) in [7, 11) is -5.29. The zero-order valence-electron chi connectivity index (χ0n) is 22.1. The number of phosphoric acid groups is 1. The highest BCUT2D eigenvalue weighted by atomic mass is 32.5. The highest BCUT2D eigenvalue weighted by Crippen LogP contribution is 2.56. The maximum Gasteiger partial charge on any atom is 0.472 e. The van der Waals surface area contributed by atoms with Gasteiger partial charge in [-0.05, 0) is 11.8 Å². The minimum absolute atomic E-state index is 0.281. The average molecular weight is 696 g/mol. The van der Waals surface area contributed by atoms with Crippen molar-refractivity contribution in [3.63, 3.8) is 0 Å². The number of nitrogens with zero attached hydrogens (tertiary/aromatic N) is 7. The third kappa shape index (κ3) is 4.93. The van der Waals surface area contributed by atoms with Crippen LogP contribution in [-0.2, 0) is 55.5 Å². The van der Waals surface area contributed by atoms with Crippen molar-refractivity contribution in [2.75, 3.05) is 32.2 Å². The number of H-pyrrole nitrogens is 2. The summed E-state index contributed by atoms with van der Waals surface area (Å²) in [6.45, 7) is -8.02. The molecule has 4 aromatic rings. The molecule has 0 aromatic carbocycles. The highest BCUT2D eigenvalue weighted by Gasteiger charge is 2.61. The van der Waals surface area contributed by atoms with Gasteiger partial charge in [0.05, 0.1) is 32.5 Å². The molecule has 0 amide bonds. The number of hydrogen-bond donors (Lipinski definition) is 5. The van der Waals surface area contributed by atoms with E-state index in [0.29, 0.717) is 4.68 Å². The van der Waals surface area contributed by atoms with E-state index in [1.807, 2.05) is 0 Å². The third-order valence-corrected chi connectivity index (χ3v) is 9.82. The molecule has 7 rings (SSSR count). The molecule has 21 nitrogen and oxygen atoms in total. The van der Waals surface area contributed by atoms with E-state index in [4.69, 9.17) is 45.1 Å². The van der Waals surface area contributed by atoms with Crippen LogP contribution in [0, 0.1) is 0 Å². The predicted molar refractivity (Wildman–Crippen MR) is 144 cm³/mol. The summed E-state index contributed by atoms with van der Waals surface area (Å²) in [6, 6.07) is 0. The fourth-order valence-electron chi connectivity index (χ4n) is 5.23. The molecule has 26 heteroatoms. The van der Waals surface area contributed by atoms with Crippen molar-refractivity contribution < 1.29 is 50.7 Å². The zero-order valence-corrected chi connectivity index (χ0v) is 24.7. The van der Waals surface area contributed by atoms with Gasteiger partial charge in [0.1, 0.15) is 18.8 Å². The molecule has 3 aliphatic heterocycles. The van der Waals surface area contributed by atoms with E-state index in [-0.39, 0.29) is 28.3 Å². The maximum absolute atomic E-state index is 16.8. The Labute approximate surface area is 251 Å². The Bertz CT molecular complexity index is 2040. The summed E-state index contributed by atoms with van der Waals surface area (Å²) in [5, 5.41) is 7.24.